The molecule has 2 saturated heterocycles. The van der Waals surface area contributed by atoms with Gasteiger partial charge in [0.1, 0.15) is 0 Å². The number of ether oxygens (including phenoxy) is 2. The Morgan fingerprint density at radius 1 is 1.16 bits per heavy atom. The summed E-state index contributed by atoms with van der Waals surface area (Å²) in [4.78, 5) is 14.4. The minimum Gasteiger partial charge on any atom is -0.379 e. The second-order valence-electron chi connectivity index (χ2n) is 6.03. The summed E-state index contributed by atoms with van der Waals surface area (Å²) >= 11 is 0. The fourth-order valence-electron chi connectivity index (χ4n) is 2.88. The molecule has 1 amide bonds. The molecule has 1 atom stereocenters. The quantitative estimate of drug-likeness (QED) is 0.799. The lowest BCUT2D eigenvalue weighted by Crippen LogP contribution is -2.40. The lowest BCUT2D eigenvalue weighted by atomic mass is 10.1. The van der Waals surface area contributed by atoms with Gasteiger partial charge < -0.3 is 20.1 Å². The zero-order valence-electron chi connectivity index (χ0n) is 14.2. The summed E-state index contributed by atoms with van der Waals surface area (Å²) in [6, 6.07) is 8.08. The van der Waals surface area contributed by atoms with Gasteiger partial charge in [-0.3, -0.25) is 9.69 Å². The van der Waals surface area contributed by atoms with E-state index in [0.29, 0.717) is 13.0 Å². The van der Waals surface area contributed by atoms with Crippen molar-refractivity contribution < 1.29 is 14.3 Å². The molecule has 0 radical (unpaired) electrons. The van der Waals surface area contributed by atoms with E-state index < -0.39 is 0 Å². The van der Waals surface area contributed by atoms with Crippen molar-refractivity contribution in [2.75, 3.05) is 51.3 Å². The summed E-state index contributed by atoms with van der Waals surface area (Å²) in [5.74, 6) is -0.000343. The smallest absolute Gasteiger partial charge is 0.227 e. The van der Waals surface area contributed by atoms with Crippen LogP contribution in [-0.4, -0.2) is 62.9 Å². The third-order valence-corrected chi connectivity index (χ3v) is 4.17. The first-order valence-electron chi connectivity index (χ1n) is 8.31. The number of carbonyl (C=O) groups excluding carboxylic acids is 1. The van der Waals surface area contributed by atoms with Gasteiger partial charge >= 0.3 is 0 Å². The zero-order chi connectivity index (χ0) is 15.9. The number of nitrogens with one attached hydrogen (secondary N) is 2. The minimum atomic E-state index is -0.0238. The highest BCUT2D eigenvalue weighted by Gasteiger charge is 2.17. The average molecular weight is 392 g/mol. The number of amides is 1. The maximum absolute atomic E-state index is 12.0. The molecule has 2 aliphatic heterocycles. The Hall–Kier alpha value is -0.890. The number of halogens is 2. The predicted molar refractivity (Wildman–Crippen MR) is 103 cm³/mol. The molecule has 0 spiro atoms. The summed E-state index contributed by atoms with van der Waals surface area (Å²) < 4.78 is 10.9. The van der Waals surface area contributed by atoms with Gasteiger partial charge in [-0.15, -0.1) is 24.8 Å². The van der Waals surface area contributed by atoms with Gasteiger partial charge in [-0.25, -0.2) is 0 Å². The Bertz CT molecular complexity index is 504. The second kappa shape index (κ2) is 11.7. The average Bonchev–Trinajstić information content (AvgIpc) is 2.58. The zero-order valence-corrected chi connectivity index (χ0v) is 15.9. The van der Waals surface area contributed by atoms with Crippen molar-refractivity contribution in [3.63, 3.8) is 0 Å². The fraction of sp³-hybridized carbons (Fsp3) is 0.588. The minimum absolute atomic E-state index is 0. The standard InChI is InChI=1S/C17H25N3O3.2ClH/c21-17(11-16-12-18-5-8-23-16)19-15-3-1-14(2-4-15)13-20-6-9-22-10-7-20;;/h1-4,16,18H,5-13H2,(H,19,21);2*1H. The van der Waals surface area contributed by atoms with Crippen molar-refractivity contribution in [3.05, 3.63) is 29.8 Å². The topological polar surface area (TPSA) is 62.8 Å². The summed E-state index contributed by atoms with van der Waals surface area (Å²) in [5.41, 5.74) is 2.09. The molecule has 2 N–H and O–H groups in total. The Kier molecular flexibility index (Phi) is 10.3. The fourth-order valence-corrected chi connectivity index (χ4v) is 2.88. The highest BCUT2D eigenvalue weighted by atomic mass is 35.5. The van der Waals surface area contributed by atoms with Crippen LogP contribution in [0.25, 0.3) is 0 Å². The van der Waals surface area contributed by atoms with Crippen LogP contribution in [0.15, 0.2) is 24.3 Å². The maximum atomic E-state index is 12.0. The molecule has 2 heterocycles. The first-order valence-corrected chi connectivity index (χ1v) is 8.31. The molecule has 0 aliphatic carbocycles. The van der Waals surface area contributed by atoms with E-state index in [-0.39, 0.29) is 36.8 Å². The number of anilines is 1. The van der Waals surface area contributed by atoms with Crippen LogP contribution in [0.3, 0.4) is 0 Å². The molecule has 0 saturated carbocycles. The third-order valence-electron chi connectivity index (χ3n) is 4.17. The molecule has 8 heteroatoms. The number of hydrogen-bond donors (Lipinski definition) is 2. The van der Waals surface area contributed by atoms with Crippen molar-refractivity contribution in [2.24, 2.45) is 0 Å². The third kappa shape index (κ3) is 7.48. The SMILES string of the molecule is Cl.Cl.O=C(CC1CNCCO1)Nc1ccc(CN2CCOCC2)cc1. The van der Waals surface area contributed by atoms with Crippen LogP contribution in [0.4, 0.5) is 5.69 Å². The highest BCUT2D eigenvalue weighted by molar-refractivity contribution is 5.91. The molecule has 0 bridgehead atoms. The second-order valence-corrected chi connectivity index (χ2v) is 6.03. The van der Waals surface area contributed by atoms with Crippen LogP contribution in [0.1, 0.15) is 12.0 Å². The molecule has 1 aromatic rings. The predicted octanol–water partition coefficient (Wildman–Crippen LogP) is 1.68. The number of benzene rings is 1. The number of carbonyl (C=O) groups is 1. The van der Waals surface area contributed by atoms with Crippen LogP contribution >= 0.6 is 24.8 Å². The first-order chi connectivity index (χ1) is 11.3. The van der Waals surface area contributed by atoms with Crippen LogP contribution in [0.2, 0.25) is 0 Å². The Labute approximate surface area is 161 Å². The highest BCUT2D eigenvalue weighted by Crippen LogP contribution is 2.13. The summed E-state index contributed by atoms with van der Waals surface area (Å²) in [6.45, 7) is 6.79. The summed E-state index contributed by atoms with van der Waals surface area (Å²) in [7, 11) is 0. The van der Waals surface area contributed by atoms with E-state index in [1.807, 2.05) is 12.1 Å². The lowest BCUT2D eigenvalue weighted by Gasteiger charge is -2.26. The molecule has 3 rings (SSSR count). The lowest BCUT2D eigenvalue weighted by molar-refractivity contribution is -0.119. The molecule has 25 heavy (non-hydrogen) atoms. The molecule has 1 unspecified atom stereocenters. The Morgan fingerprint density at radius 2 is 1.88 bits per heavy atom. The van der Waals surface area contributed by atoms with E-state index in [4.69, 9.17) is 9.47 Å². The molecule has 142 valence electrons. The Balaban J connectivity index is 0.00000156. The van der Waals surface area contributed by atoms with Crippen LogP contribution in [0.5, 0.6) is 0 Å². The van der Waals surface area contributed by atoms with Gasteiger partial charge in [-0.05, 0) is 17.7 Å². The van der Waals surface area contributed by atoms with Gasteiger partial charge in [0.2, 0.25) is 5.91 Å². The molecule has 6 nitrogen and oxygen atoms in total. The Morgan fingerprint density at radius 3 is 2.52 bits per heavy atom. The molecule has 2 aliphatic rings. The van der Waals surface area contributed by atoms with E-state index in [9.17, 15) is 4.79 Å². The van der Waals surface area contributed by atoms with E-state index in [1.54, 1.807) is 0 Å². The number of nitrogens with zero attached hydrogens (tertiary/aromatic N) is 1. The van der Waals surface area contributed by atoms with Crippen molar-refractivity contribution in [3.8, 4) is 0 Å². The van der Waals surface area contributed by atoms with Crippen molar-refractivity contribution in [1.82, 2.24) is 10.2 Å². The van der Waals surface area contributed by atoms with Gasteiger partial charge in [-0.2, -0.15) is 0 Å². The summed E-state index contributed by atoms with van der Waals surface area (Å²) in [5, 5.41) is 6.17. The largest absolute Gasteiger partial charge is 0.379 e. The van der Waals surface area contributed by atoms with Crippen molar-refractivity contribution in [1.29, 1.82) is 0 Å². The van der Waals surface area contributed by atoms with Crippen LogP contribution < -0.4 is 10.6 Å². The molecule has 2 fully saturated rings. The van der Waals surface area contributed by atoms with Crippen LogP contribution in [-0.2, 0) is 20.8 Å². The monoisotopic (exact) mass is 391 g/mol. The number of hydrogen-bond acceptors (Lipinski definition) is 5. The molecule has 0 aromatic heterocycles. The van der Waals surface area contributed by atoms with E-state index in [1.165, 1.54) is 5.56 Å². The van der Waals surface area contributed by atoms with Crippen LogP contribution in [0, 0.1) is 0 Å². The van der Waals surface area contributed by atoms with E-state index in [0.717, 1.165) is 51.6 Å². The number of rotatable bonds is 5. The normalized spacial score (nSPS) is 20.9. The first kappa shape index (κ1) is 22.2. The van der Waals surface area contributed by atoms with Gasteiger partial charge in [0.05, 0.1) is 32.3 Å². The maximum Gasteiger partial charge on any atom is 0.227 e. The van der Waals surface area contributed by atoms with Gasteiger partial charge in [0.15, 0.2) is 0 Å². The van der Waals surface area contributed by atoms with Crippen molar-refractivity contribution >= 4 is 36.4 Å². The van der Waals surface area contributed by atoms with Crippen molar-refractivity contribution in [2.45, 2.75) is 19.1 Å². The van der Waals surface area contributed by atoms with E-state index in [2.05, 4.69) is 27.7 Å². The molecule has 1 aromatic carbocycles. The van der Waals surface area contributed by atoms with E-state index >= 15 is 0 Å². The molecular formula is C17H27Cl2N3O3. The summed E-state index contributed by atoms with van der Waals surface area (Å²) in [6.07, 6.45) is 0.368. The number of morpholine rings is 2. The van der Waals surface area contributed by atoms with Gasteiger partial charge in [0, 0.05) is 38.4 Å². The van der Waals surface area contributed by atoms with Gasteiger partial charge in [-0.1, -0.05) is 12.1 Å². The van der Waals surface area contributed by atoms with Gasteiger partial charge in [0.25, 0.3) is 0 Å². The molecular weight excluding hydrogens is 365 g/mol.